The number of carbonyl (C=O) groups excluding carboxylic acids is 3. The summed E-state index contributed by atoms with van der Waals surface area (Å²) >= 11 is 0. The van der Waals surface area contributed by atoms with Crippen LogP contribution in [0.3, 0.4) is 0 Å². The molecule has 46 heteroatoms. The number of hydrogen-bond acceptors (Lipinski definition) is 30. The van der Waals surface area contributed by atoms with Gasteiger partial charge >= 0.3 is 29.9 Å². The number of urea groups is 1. The van der Waals surface area contributed by atoms with Crippen LogP contribution in [0.4, 0.5) is 34.3 Å². The number of fused-ring (bicyclic) bond motifs is 8. The van der Waals surface area contributed by atoms with Crippen LogP contribution in [0.25, 0.3) is 112 Å². The number of aliphatic hydroxyl groups excluding tert-OH is 1. The van der Waals surface area contributed by atoms with Crippen LogP contribution in [-0.2, 0) is 48.4 Å². The number of nitrogens with one attached hydrogen (secondary N) is 1. The molecule has 12 aromatic heterocycles. The van der Waals surface area contributed by atoms with Gasteiger partial charge < -0.3 is 93.4 Å². The van der Waals surface area contributed by atoms with Crippen molar-refractivity contribution in [3.05, 3.63) is 171 Å². The highest BCUT2D eigenvalue weighted by Crippen LogP contribution is 2.35. The van der Waals surface area contributed by atoms with Crippen LogP contribution in [0.1, 0.15) is 39.2 Å². The monoisotopic (exact) mass is 1830 g/mol. The van der Waals surface area contributed by atoms with Crippen LogP contribution in [0.5, 0.6) is 5.75 Å². The molecule has 135 heavy (non-hydrogen) atoms. The molecular formula is C89H91N33O13. The van der Waals surface area contributed by atoms with Crippen molar-refractivity contribution in [2.75, 3.05) is 142 Å². The Balaban J connectivity index is 0.000000116. The molecule has 4 aliphatic heterocycles. The van der Waals surface area contributed by atoms with E-state index in [1.807, 2.05) is 143 Å². The molecule has 690 valence electrons. The van der Waals surface area contributed by atoms with E-state index in [-0.39, 0.29) is 49.1 Å². The SMILES string of the molecule is CCC(C(=O)O)n1cnc2c(-n3ncc4ccccc43)nc(N3CCN(c4ccc(O)cc4)CC3)nc21.CCNC(=O)N1CCN(c2nc(-n3ncc4ccccc43)c3ncn(CC(=O)O)c3n2)CC1.O=C(O)Cn1cnc2c(-n3ncc4ccccc43)nc(N3CCN(C(=O)C4CC4)CC3)nc21.O=C(O)Cn1cnc2c(-n3ncc4ccccc43)nc(N3CCN(C(=O)CO)CC3)nc21. The first-order chi connectivity index (χ1) is 65.7. The van der Waals surface area contributed by atoms with Gasteiger partial charge in [-0.15, -0.1) is 0 Å². The highest BCUT2D eigenvalue weighted by molar-refractivity contribution is 5.92. The number of imidazole rings is 4. The smallest absolute Gasteiger partial charge is 0.326 e. The molecular weight excluding hydrogens is 1740 g/mol. The molecule has 1 saturated carbocycles. The predicted octanol–water partition coefficient (Wildman–Crippen LogP) is 5.53. The molecule has 1 atom stereocenters. The maximum absolute atomic E-state index is 12.4. The molecule has 4 amide bonds. The topological polar surface area (TPSA) is 524 Å². The minimum Gasteiger partial charge on any atom is -0.508 e. The Morgan fingerprint density at radius 3 is 1.05 bits per heavy atom. The zero-order chi connectivity index (χ0) is 93.2. The zero-order valence-corrected chi connectivity index (χ0v) is 73.1. The number of aliphatic hydroxyl groups is 1. The Labute approximate surface area is 764 Å². The Morgan fingerprint density at radius 1 is 0.385 bits per heavy atom. The molecule has 46 nitrogen and oxygen atoms in total. The maximum Gasteiger partial charge on any atom is 0.326 e. The van der Waals surface area contributed by atoms with Gasteiger partial charge in [-0.05, 0) is 74.7 Å². The zero-order valence-electron chi connectivity index (χ0n) is 73.1. The Bertz CT molecular complexity index is 7350. The predicted molar refractivity (Wildman–Crippen MR) is 492 cm³/mol. The van der Waals surface area contributed by atoms with Gasteiger partial charge in [-0.1, -0.05) is 79.7 Å². The Kier molecular flexibility index (Phi) is 24.3. The summed E-state index contributed by atoms with van der Waals surface area (Å²) in [5.74, 6) is 0.228. The first kappa shape index (κ1) is 87.4. The third-order valence-electron chi connectivity index (χ3n) is 24.1. The van der Waals surface area contributed by atoms with Crippen molar-refractivity contribution in [1.29, 1.82) is 0 Å². The lowest BCUT2D eigenvalue weighted by atomic mass is 10.2. The quantitative estimate of drug-likeness (QED) is 0.0464. The van der Waals surface area contributed by atoms with Crippen LogP contribution in [0.2, 0.25) is 0 Å². The van der Waals surface area contributed by atoms with Crippen molar-refractivity contribution < 1.29 is 64.2 Å². The van der Waals surface area contributed by atoms with Gasteiger partial charge in [-0.25, -0.2) is 48.3 Å². The second-order valence-electron chi connectivity index (χ2n) is 32.7. The average Bonchev–Trinajstić information content (AvgIpc) is 1.63. The number of rotatable bonds is 21. The molecule has 7 N–H and O–H groups in total. The largest absolute Gasteiger partial charge is 0.508 e. The van der Waals surface area contributed by atoms with Gasteiger partial charge in [0.2, 0.25) is 35.6 Å². The van der Waals surface area contributed by atoms with Crippen LogP contribution in [-0.4, -0.2) is 322 Å². The van der Waals surface area contributed by atoms with Crippen LogP contribution in [0, 0.1) is 5.92 Å². The summed E-state index contributed by atoms with van der Waals surface area (Å²) in [6, 6.07) is 37.4. The molecule has 1 unspecified atom stereocenters. The van der Waals surface area contributed by atoms with Crippen LogP contribution < -0.4 is 29.8 Å². The number of amides is 4. The summed E-state index contributed by atoms with van der Waals surface area (Å²) in [6.45, 7) is 12.2. The molecule has 0 bridgehead atoms. The van der Waals surface area contributed by atoms with E-state index in [0.717, 1.165) is 75.2 Å². The lowest BCUT2D eigenvalue weighted by Crippen LogP contribution is -2.52. The minimum atomic E-state index is -1.01. The summed E-state index contributed by atoms with van der Waals surface area (Å²) in [5.41, 5.74) is 8.10. The van der Waals surface area contributed by atoms with E-state index in [2.05, 4.69) is 70.4 Å². The maximum atomic E-state index is 12.4. The second kappa shape index (κ2) is 37.5. The number of piperazine rings is 4. The van der Waals surface area contributed by atoms with Gasteiger partial charge in [-0.2, -0.15) is 60.3 Å². The number of aromatic hydroxyl groups is 1. The number of benzene rings is 5. The Hall–Kier alpha value is -17.0. The van der Waals surface area contributed by atoms with Gasteiger partial charge in [0.05, 0.1) is 72.2 Å². The lowest BCUT2D eigenvalue weighted by molar-refractivity contribution is -0.141. The first-order valence-corrected chi connectivity index (χ1v) is 44.0. The molecule has 4 saturated heterocycles. The molecule has 17 aromatic rings. The third kappa shape index (κ3) is 17.8. The second-order valence-corrected chi connectivity index (χ2v) is 32.7. The summed E-state index contributed by atoms with van der Waals surface area (Å²) in [7, 11) is 0. The van der Waals surface area contributed by atoms with Crippen molar-refractivity contribution in [3.63, 3.8) is 0 Å². The number of anilines is 5. The van der Waals surface area contributed by atoms with E-state index in [1.165, 1.54) is 39.0 Å². The van der Waals surface area contributed by atoms with Crippen LogP contribution >= 0.6 is 0 Å². The highest BCUT2D eigenvalue weighted by atomic mass is 16.4. The van der Waals surface area contributed by atoms with Gasteiger partial charge in [0, 0.05) is 144 Å². The van der Waals surface area contributed by atoms with E-state index in [4.69, 9.17) is 30.0 Å². The fourth-order valence-electron chi connectivity index (χ4n) is 17.0. The fraction of sp³-hybridized carbons (Fsp3) is 0.315. The van der Waals surface area contributed by atoms with E-state index in [1.54, 1.807) is 70.0 Å². The van der Waals surface area contributed by atoms with E-state index >= 15 is 0 Å². The van der Waals surface area contributed by atoms with E-state index in [0.29, 0.717) is 196 Å². The number of carboxylic acids is 4. The number of phenols is 1. The third-order valence-corrected chi connectivity index (χ3v) is 24.1. The minimum absolute atomic E-state index is 0.0863. The van der Waals surface area contributed by atoms with E-state index < -0.39 is 36.5 Å². The van der Waals surface area contributed by atoms with Gasteiger partial charge in [0.1, 0.15) is 38.0 Å². The molecule has 16 heterocycles. The standard InChI is InChI=1S/C26H26N8O3.C22H22N8O3.C21H23N9O3.C20H20N8O4/c1-2-20(25(36)37)33-16-27-22-23(33)29-26(30-24(22)34-21-6-4-3-5-17(21)15-28-34)32-13-11-31(12-14-32)18-7-9-19(35)10-8-18;31-17(32)12-29-13-23-18-19(29)25-22(28-9-7-27(8-10-28)21(33)14-5-6-14)26-20(18)30-16-4-2-1-3-15(16)11-24-30;1-2-22-21(33)28-9-7-27(8-10-28)20-25-18-17(23-13-29(18)12-16(31)32)19(26-20)30-15-6-4-3-5-14(15)11-24-30;29-11-15(30)25-5-7-26(8-6-25)20-23-18-17(21-12-27(18)10-16(31)32)19(24-20)28-14-4-2-1-3-13(14)9-22-28/h3-10,15-16,20,35H,2,11-14H2,1H3,(H,36,37);1-4,11,13-14H,5-10,12H2,(H,31,32);3-6,11,13H,2,7-10,12H2,1H3,(H,22,33)(H,31,32);1-4,9,12,29H,5-8,10-11H2,(H,31,32). The van der Waals surface area contributed by atoms with Gasteiger partial charge in [0.25, 0.3) is 0 Å². The molecule has 0 spiro atoms. The Morgan fingerprint density at radius 2 is 0.711 bits per heavy atom. The van der Waals surface area contributed by atoms with Gasteiger partial charge in [0.15, 0.2) is 67.9 Å². The summed E-state index contributed by atoms with van der Waals surface area (Å²) in [6.07, 6.45) is 15.3. The molecule has 0 radical (unpaired) electrons. The highest BCUT2D eigenvalue weighted by Gasteiger charge is 2.37. The number of aromatic nitrogens is 24. The molecule has 1 aliphatic carbocycles. The summed E-state index contributed by atoms with van der Waals surface area (Å²) in [4.78, 5) is 154. The van der Waals surface area contributed by atoms with Crippen molar-refractivity contribution in [2.24, 2.45) is 5.92 Å². The average molecular weight is 1830 g/mol. The number of phenolic OH excluding ortho intramolecular Hbond substituents is 1. The van der Waals surface area contributed by atoms with E-state index in [9.17, 15) is 59.1 Å². The van der Waals surface area contributed by atoms with Crippen LogP contribution in [0.15, 0.2) is 171 Å². The molecule has 22 rings (SSSR count). The first-order valence-electron chi connectivity index (χ1n) is 44.0. The number of carboxylic acid groups (broad SMARTS) is 4. The van der Waals surface area contributed by atoms with Crippen molar-refractivity contribution in [1.82, 2.24) is 137 Å². The number of carbonyl (C=O) groups is 7. The summed E-state index contributed by atoms with van der Waals surface area (Å²) < 4.78 is 12.9. The number of para-hydroxylation sites is 4. The molecule has 5 fully saturated rings. The van der Waals surface area contributed by atoms with Gasteiger partial charge in [-0.3, -0.25) is 24.0 Å². The van der Waals surface area contributed by atoms with Crippen molar-refractivity contribution in [2.45, 2.75) is 58.8 Å². The lowest BCUT2D eigenvalue weighted by Gasteiger charge is -2.36. The number of hydrogen-bond donors (Lipinski definition) is 7. The fourth-order valence-corrected chi connectivity index (χ4v) is 17.0. The van der Waals surface area contributed by atoms with Crippen molar-refractivity contribution in [3.8, 4) is 29.0 Å². The van der Waals surface area contributed by atoms with Crippen molar-refractivity contribution >= 4 is 159 Å². The normalized spacial score (nSPS) is 15.0. The summed E-state index contributed by atoms with van der Waals surface area (Å²) in [5, 5.41) is 81.2. The molecule has 5 aromatic carbocycles. The number of nitrogens with zero attached hydrogens (tertiary/aromatic N) is 32. The number of aliphatic carboxylic acids is 4. The molecule has 5 aliphatic rings.